The van der Waals surface area contributed by atoms with Crippen LogP contribution < -0.4 is 0 Å². The highest BCUT2D eigenvalue weighted by molar-refractivity contribution is 5.91. The lowest BCUT2D eigenvalue weighted by atomic mass is 10.3. The van der Waals surface area contributed by atoms with Gasteiger partial charge in [0, 0.05) is 6.42 Å². The summed E-state index contributed by atoms with van der Waals surface area (Å²) in [5.41, 5.74) is 3.81. The third-order valence-electron chi connectivity index (χ3n) is 3.05. The number of rotatable bonds is 1. The summed E-state index contributed by atoms with van der Waals surface area (Å²) in [6, 6.07) is 7.95. The van der Waals surface area contributed by atoms with Gasteiger partial charge in [0.25, 0.3) is 0 Å². The molecule has 1 aromatic carbocycles. The molecule has 6 nitrogen and oxygen atoms in total. The Labute approximate surface area is 101 Å². The minimum Gasteiger partial charge on any atom is -0.278 e. The van der Waals surface area contributed by atoms with Crippen molar-refractivity contribution in [1.82, 2.24) is 24.7 Å². The maximum atomic E-state index is 4.75. The van der Waals surface area contributed by atoms with Crippen LogP contribution >= 0.6 is 0 Å². The lowest BCUT2D eigenvalue weighted by Crippen LogP contribution is -2.00. The number of aryl methyl sites for hydroxylation is 1. The van der Waals surface area contributed by atoms with Gasteiger partial charge in [0.15, 0.2) is 11.2 Å². The summed E-state index contributed by atoms with van der Waals surface area (Å²) in [6.45, 7) is 2.05. The van der Waals surface area contributed by atoms with Crippen LogP contribution in [0.3, 0.4) is 0 Å². The summed E-state index contributed by atoms with van der Waals surface area (Å²) in [5.74, 6) is 0.905. The Bertz CT molecular complexity index is 876. The van der Waals surface area contributed by atoms with E-state index in [-0.39, 0.29) is 0 Å². The maximum absolute atomic E-state index is 4.75. The zero-order chi connectivity index (χ0) is 12.1. The number of imidazole rings is 1. The first-order chi connectivity index (χ1) is 8.88. The molecule has 4 rings (SSSR count). The van der Waals surface area contributed by atoms with E-state index in [1.807, 2.05) is 28.7 Å². The van der Waals surface area contributed by atoms with Gasteiger partial charge in [0.05, 0.1) is 11.0 Å². The van der Waals surface area contributed by atoms with Crippen LogP contribution in [0.5, 0.6) is 0 Å². The van der Waals surface area contributed by atoms with E-state index in [2.05, 4.69) is 27.2 Å². The summed E-state index contributed by atoms with van der Waals surface area (Å²) in [4.78, 5) is 9.04. The molecule has 0 amide bonds. The number of aromatic nitrogens is 5. The minimum absolute atomic E-state index is 0.509. The lowest BCUT2D eigenvalue weighted by molar-refractivity contribution is 0.315. The summed E-state index contributed by atoms with van der Waals surface area (Å²) >= 11 is 0. The first-order valence-corrected chi connectivity index (χ1v) is 5.77. The minimum atomic E-state index is 0.509. The Morgan fingerprint density at radius 3 is 2.94 bits per heavy atom. The molecular weight excluding hydrogens is 230 g/mol. The summed E-state index contributed by atoms with van der Waals surface area (Å²) in [7, 11) is 0. The van der Waals surface area contributed by atoms with Gasteiger partial charge in [0.1, 0.15) is 5.82 Å². The molecule has 0 spiro atoms. The molecule has 0 aliphatic carbocycles. The summed E-state index contributed by atoms with van der Waals surface area (Å²) in [6.07, 6.45) is 0.791. The Morgan fingerprint density at radius 2 is 2.06 bits per heavy atom. The fourth-order valence-corrected chi connectivity index (χ4v) is 2.25. The number of nitrogens with zero attached hydrogens (tertiary/aromatic N) is 5. The molecule has 0 unspecified atom stereocenters. The quantitative estimate of drug-likeness (QED) is 0.508. The maximum Gasteiger partial charge on any atom is 0.229 e. The van der Waals surface area contributed by atoms with Crippen molar-refractivity contribution < 1.29 is 4.63 Å². The molecule has 0 fully saturated rings. The van der Waals surface area contributed by atoms with Crippen LogP contribution in [0.2, 0.25) is 0 Å². The number of hydrogen-bond acceptors (Lipinski definition) is 5. The van der Waals surface area contributed by atoms with Crippen molar-refractivity contribution in [2.75, 3.05) is 0 Å². The van der Waals surface area contributed by atoms with E-state index < -0.39 is 0 Å². The van der Waals surface area contributed by atoms with Crippen molar-refractivity contribution >= 4 is 27.8 Å². The van der Waals surface area contributed by atoms with Crippen LogP contribution in [-0.4, -0.2) is 24.7 Å². The highest BCUT2D eigenvalue weighted by Gasteiger charge is 2.15. The molecule has 4 aromatic rings. The van der Waals surface area contributed by atoms with E-state index in [1.165, 1.54) is 0 Å². The third-order valence-corrected chi connectivity index (χ3v) is 3.05. The predicted molar refractivity (Wildman–Crippen MR) is 65.2 cm³/mol. The fraction of sp³-hybridized carbons (Fsp3) is 0.167. The van der Waals surface area contributed by atoms with Gasteiger partial charge in [-0.3, -0.25) is 4.40 Å². The molecule has 88 valence electrons. The molecule has 3 aromatic heterocycles. The zero-order valence-electron chi connectivity index (χ0n) is 9.66. The second-order valence-corrected chi connectivity index (χ2v) is 4.08. The molecule has 0 bridgehead atoms. The van der Waals surface area contributed by atoms with E-state index in [0.717, 1.165) is 28.9 Å². The topological polar surface area (TPSA) is 69.1 Å². The Kier molecular flexibility index (Phi) is 1.72. The van der Waals surface area contributed by atoms with Crippen LogP contribution in [0.25, 0.3) is 27.8 Å². The van der Waals surface area contributed by atoms with E-state index in [0.29, 0.717) is 11.2 Å². The highest BCUT2D eigenvalue weighted by Crippen LogP contribution is 2.22. The van der Waals surface area contributed by atoms with E-state index in [1.54, 1.807) is 0 Å². The van der Waals surface area contributed by atoms with E-state index in [4.69, 9.17) is 4.63 Å². The molecule has 0 saturated heterocycles. The first kappa shape index (κ1) is 9.52. The van der Waals surface area contributed by atoms with Crippen LogP contribution in [0, 0.1) is 0 Å². The molecule has 18 heavy (non-hydrogen) atoms. The largest absolute Gasteiger partial charge is 0.278 e. The zero-order valence-corrected chi connectivity index (χ0v) is 9.66. The molecule has 0 radical (unpaired) electrons. The third kappa shape index (κ3) is 1.07. The second kappa shape index (κ2) is 3.25. The van der Waals surface area contributed by atoms with Crippen molar-refractivity contribution in [1.29, 1.82) is 0 Å². The average molecular weight is 239 g/mol. The van der Waals surface area contributed by atoms with Crippen LogP contribution in [0.4, 0.5) is 0 Å². The number of fused-ring (bicyclic) bond motifs is 5. The van der Waals surface area contributed by atoms with Gasteiger partial charge in [-0.15, -0.1) is 0 Å². The monoisotopic (exact) mass is 239 g/mol. The Morgan fingerprint density at radius 1 is 1.17 bits per heavy atom. The van der Waals surface area contributed by atoms with Crippen molar-refractivity contribution in [3.8, 4) is 0 Å². The van der Waals surface area contributed by atoms with Crippen LogP contribution in [-0.2, 0) is 6.42 Å². The molecular formula is C12H9N5O. The van der Waals surface area contributed by atoms with Gasteiger partial charge >= 0.3 is 0 Å². The van der Waals surface area contributed by atoms with Crippen molar-refractivity contribution in [2.24, 2.45) is 0 Å². The number of hydrogen-bond donors (Lipinski definition) is 0. The molecule has 0 aliphatic heterocycles. The van der Waals surface area contributed by atoms with Crippen molar-refractivity contribution in [2.45, 2.75) is 13.3 Å². The Balaban J connectivity index is 2.36. The highest BCUT2D eigenvalue weighted by atomic mass is 16.6. The smallest absolute Gasteiger partial charge is 0.229 e. The average Bonchev–Trinajstić information content (AvgIpc) is 3.01. The van der Waals surface area contributed by atoms with Crippen molar-refractivity contribution in [3.05, 3.63) is 30.1 Å². The molecule has 3 heterocycles. The van der Waals surface area contributed by atoms with Crippen LogP contribution in [0.1, 0.15) is 12.7 Å². The van der Waals surface area contributed by atoms with Crippen molar-refractivity contribution in [3.63, 3.8) is 0 Å². The molecule has 0 aliphatic rings. The predicted octanol–water partition coefficient (Wildman–Crippen LogP) is 1.98. The number of para-hydroxylation sites is 2. The van der Waals surface area contributed by atoms with E-state index in [9.17, 15) is 0 Å². The van der Waals surface area contributed by atoms with Gasteiger partial charge in [0.2, 0.25) is 5.65 Å². The van der Waals surface area contributed by atoms with Gasteiger partial charge < -0.3 is 0 Å². The Hall–Kier alpha value is -2.50. The van der Waals surface area contributed by atoms with E-state index >= 15 is 0 Å². The van der Waals surface area contributed by atoms with Gasteiger partial charge in [-0.25, -0.2) is 14.6 Å². The normalized spacial score (nSPS) is 11.8. The van der Waals surface area contributed by atoms with Gasteiger partial charge in [-0.05, 0) is 22.4 Å². The summed E-state index contributed by atoms with van der Waals surface area (Å²) < 4.78 is 6.77. The standard InChI is InChI=1S/C12H9N5O/c1-2-9-14-11-10(15-18-16-11)12-13-7-5-3-4-6-8(7)17(9)12/h3-6H,2H2,1H3. The first-order valence-electron chi connectivity index (χ1n) is 5.77. The molecule has 0 N–H and O–H groups in total. The lowest BCUT2D eigenvalue weighted by Gasteiger charge is -2.01. The fourth-order valence-electron chi connectivity index (χ4n) is 2.25. The van der Waals surface area contributed by atoms with Gasteiger partial charge in [-0.2, -0.15) is 0 Å². The summed E-state index contributed by atoms with van der Waals surface area (Å²) in [5, 5.41) is 7.68. The molecule has 0 saturated carbocycles. The second-order valence-electron chi connectivity index (χ2n) is 4.08. The SMILES string of the molecule is CCc1nc2nonc2c2nc3ccccc3n12. The van der Waals surface area contributed by atoms with Gasteiger partial charge in [-0.1, -0.05) is 19.1 Å². The number of benzene rings is 1. The molecule has 6 heteroatoms. The molecule has 0 atom stereocenters. The van der Waals surface area contributed by atoms with Crippen LogP contribution in [0.15, 0.2) is 28.9 Å².